The molecule has 0 fully saturated rings. The molecule has 6 heteroatoms. The zero-order valence-electron chi connectivity index (χ0n) is 10.5. The Balaban J connectivity index is 3.12. The van der Waals surface area contributed by atoms with Gasteiger partial charge in [0.1, 0.15) is 5.56 Å². The molecule has 0 spiro atoms. The molecule has 0 unspecified atom stereocenters. The third-order valence-electron chi connectivity index (χ3n) is 2.74. The molecule has 1 rings (SSSR count). The van der Waals surface area contributed by atoms with Gasteiger partial charge in [0.25, 0.3) is 11.6 Å². The molecule has 0 aliphatic rings. The van der Waals surface area contributed by atoms with E-state index in [1.807, 2.05) is 20.8 Å². The fourth-order valence-electron chi connectivity index (χ4n) is 1.31. The molecule has 0 saturated carbocycles. The number of carbonyl (C=O) groups is 1. The Morgan fingerprint density at radius 3 is 2.61 bits per heavy atom. The van der Waals surface area contributed by atoms with Crippen molar-refractivity contribution in [2.24, 2.45) is 0 Å². The molecule has 0 aliphatic carbocycles. The fraction of sp³-hybridized carbons (Fsp3) is 0.417. The second-order valence-corrected chi connectivity index (χ2v) is 5.05. The molecule has 0 saturated heterocycles. The first-order valence-corrected chi connectivity index (χ1v) is 5.91. The molecule has 0 atom stereocenters. The van der Waals surface area contributed by atoms with Gasteiger partial charge in [0.2, 0.25) is 0 Å². The molecule has 0 bridgehead atoms. The number of carbonyl (C=O) groups excluding carboxylic acids is 1. The highest BCUT2D eigenvalue weighted by Crippen LogP contribution is 2.23. The van der Waals surface area contributed by atoms with E-state index < -0.39 is 16.4 Å². The van der Waals surface area contributed by atoms with Crippen molar-refractivity contribution in [3.63, 3.8) is 0 Å². The Hall–Kier alpha value is -1.62. The summed E-state index contributed by atoms with van der Waals surface area (Å²) in [5.41, 5.74) is -0.689. The lowest BCUT2D eigenvalue weighted by molar-refractivity contribution is -0.385. The second-order valence-electron chi connectivity index (χ2n) is 4.61. The summed E-state index contributed by atoms with van der Waals surface area (Å²) in [6.45, 7) is 5.62. The van der Waals surface area contributed by atoms with Crippen molar-refractivity contribution < 1.29 is 9.72 Å². The number of hydrogen-bond donors (Lipinski definition) is 1. The molecule has 98 valence electrons. The fourth-order valence-corrected chi connectivity index (χ4v) is 1.48. The van der Waals surface area contributed by atoms with Crippen molar-refractivity contribution in [2.45, 2.75) is 32.7 Å². The normalized spacial score (nSPS) is 11.1. The van der Waals surface area contributed by atoms with Crippen LogP contribution in [0.25, 0.3) is 0 Å². The first kappa shape index (κ1) is 14.4. The van der Waals surface area contributed by atoms with Crippen LogP contribution in [0, 0.1) is 10.1 Å². The van der Waals surface area contributed by atoms with Crippen LogP contribution in [0.2, 0.25) is 5.02 Å². The van der Waals surface area contributed by atoms with E-state index in [0.717, 1.165) is 0 Å². The number of benzene rings is 1. The Bertz CT molecular complexity index is 486. The number of rotatable bonds is 4. The molecule has 1 amide bonds. The third-order valence-corrected chi connectivity index (χ3v) is 2.97. The summed E-state index contributed by atoms with van der Waals surface area (Å²) in [5, 5.41) is 13.9. The van der Waals surface area contributed by atoms with Crippen LogP contribution in [0.5, 0.6) is 0 Å². The lowest BCUT2D eigenvalue weighted by Gasteiger charge is -2.24. The van der Waals surface area contributed by atoms with E-state index in [1.54, 1.807) is 0 Å². The van der Waals surface area contributed by atoms with E-state index in [4.69, 9.17) is 11.6 Å². The van der Waals surface area contributed by atoms with Gasteiger partial charge in [-0.1, -0.05) is 18.5 Å². The topological polar surface area (TPSA) is 72.2 Å². The molecule has 5 nitrogen and oxygen atoms in total. The van der Waals surface area contributed by atoms with Gasteiger partial charge < -0.3 is 5.32 Å². The number of nitro benzene ring substituents is 1. The molecule has 1 aromatic rings. The van der Waals surface area contributed by atoms with Crippen LogP contribution in [0.1, 0.15) is 37.6 Å². The smallest absolute Gasteiger partial charge is 0.282 e. The van der Waals surface area contributed by atoms with E-state index >= 15 is 0 Å². The first-order chi connectivity index (χ1) is 8.26. The van der Waals surface area contributed by atoms with E-state index in [1.165, 1.54) is 18.2 Å². The van der Waals surface area contributed by atoms with Crippen molar-refractivity contribution in [2.75, 3.05) is 0 Å². The average molecular weight is 271 g/mol. The van der Waals surface area contributed by atoms with Crippen molar-refractivity contribution in [1.82, 2.24) is 5.32 Å². The highest BCUT2D eigenvalue weighted by molar-refractivity contribution is 6.31. The number of halogens is 1. The lowest BCUT2D eigenvalue weighted by atomic mass is 10.0. The van der Waals surface area contributed by atoms with Gasteiger partial charge in [0.05, 0.1) is 4.92 Å². The number of hydrogen-bond acceptors (Lipinski definition) is 3. The SMILES string of the molecule is CCC(C)(C)NC(=O)c1cc(Cl)ccc1[N+](=O)[O-]. The van der Waals surface area contributed by atoms with Gasteiger partial charge in [-0.05, 0) is 32.4 Å². The van der Waals surface area contributed by atoms with Crippen LogP contribution >= 0.6 is 11.6 Å². The van der Waals surface area contributed by atoms with Crippen LogP contribution < -0.4 is 5.32 Å². The molecule has 0 aromatic heterocycles. The molecule has 0 aliphatic heterocycles. The van der Waals surface area contributed by atoms with Gasteiger partial charge in [0.15, 0.2) is 0 Å². The molecule has 18 heavy (non-hydrogen) atoms. The monoisotopic (exact) mass is 270 g/mol. The second kappa shape index (κ2) is 5.35. The van der Waals surface area contributed by atoms with Crippen molar-refractivity contribution >= 4 is 23.2 Å². The van der Waals surface area contributed by atoms with Crippen molar-refractivity contribution in [3.05, 3.63) is 38.9 Å². The van der Waals surface area contributed by atoms with Gasteiger partial charge in [-0.2, -0.15) is 0 Å². The lowest BCUT2D eigenvalue weighted by Crippen LogP contribution is -2.42. The maximum Gasteiger partial charge on any atom is 0.282 e. The van der Waals surface area contributed by atoms with Crippen molar-refractivity contribution in [3.8, 4) is 0 Å². The van der Waals surface area contributed by atoms with E-state index in [-0.39, 0.29) is 11.3 Å². The van der Waals surface area contributed by atoms with E-state index in [2.05, 4.69) is 5.32 Å². The summed E-state index contributed by atoms with van der Waals surface area (Å²) in [7, 11) is 0. The summed E-state index contributed by atoms with van der Waals surface area (Å²) >= 11 is 5.77. The van der Waals surface area contributed by atoms with Gasteiger partial charge >= 0.3 is 0 Å². The maximum absolute atomic E-state index is 12.0. The van der Waals surface area contributed by atoms with Crippen LogP contribution in [-0.4, -0.2) is 16.4 Å². The zero-order valence-corrected chi connectivity index (χ0v) is 11.2. The molecule has 1 aromatic carbocycles. The van der Waals surface area contributed by atoms with Crippen LogP contribution in [0.4, 0.5) is 5.69 Å². The predicted molar refractivity (Wildman–Crippen MR) is 69.9 cm³/mol. The Labute approximate surface area is 110 Å². The number of nitrogens with one attached hydrogen (secondary N) is 1. The Kier molecular flexibility index (Phi) is 4.29. The molecule has 1 N–H and O–H groups in total. The van der Waals surface area contributed by atoms with Crippen LogP contribution in [0.3, 0.4) is 0 Å². The molecule has 0 heterocycles. The van der Waals surface area contributed by atoms with E-state index in [0.29, 0.717) is 11.4 Å². The minimum Gasteiger partial charge on any atom is -0.347 e. The number of nitrogens with zero attached hydrogens (tertiary/aromatic N) is 1. The van der Waals surface area contributed by atoms with E-state index in [9.17, 15) is 14.9 Å². The minimum absolute atomic E-state index is 0.0194. The number of amides is 1. The standard InChI is InChI=1S/C12H15ClN2O3/c1-4-12(2,3)14-11(16)9-7-8(13)5-6-10(9)15(17)18/h5-7H,4H2,1-3H3,(H,14,16). The van der Waals surface area contributed by atoms with Crippen LogP contribution in [-0.2, 0) is 0 Å². The third kappa shape index (κ3) is 3.43. The molecule has 0 radical (unpaired) electrons. The molecular formula is C12H15ClN2O3. The largest absolute Gasteiger partial charge is 0.347 e. The quantitative estimate of drug-likeness (QED) is 0.675. The summed E-state index contributed by atoms with van der Waals surface area (Å²) in [4.78, 5) is 22.3. The highest BCUT2D eigenvalue weighted by atomic mass is 35.5. The average Bonchev–Trinajstić information content (AvgIpc) is 2.28. The summed E-state index contributed by atoms with van der Waals surface area (Å²) < 4.78 is 0. The van der Waals surface area contributed by atoms with Gasteiger partial charge in [0, 0.05) is 16.6 Å². The summed E-state index contributed by atoms with van der Waals surface area (Å²) in [6.07, 6.45) is 0.715. The summed E-state index contributed by atoms with van der Waals surface area (Å²) in [5.74, 6) is -0.490. The van der Waals surface area contributed by atoms with Crippen molar-refractivity contribution in [1.29, 1.82) is 0 Å². The van der Waals surface area contributed by atoms with Gasteiger partial charge in [-0.15, -0.1) is 0 Å². The first-order valence-electron chi connectivity index (χ1n) is 5.53. The predicted octanol–water partition coefficient (Wildman–Crippen LogP) is 3.17. The van der Waals surface area contributed by atoms with Gasteiger partial charge in [-0.3, -0.25) is 14.9 Å². The highest BCUT2D eigenvalue weighted by Gasteiger charge is 2.25. The van der Waals surface area contributed by atoms with Crippen LogP contribution in [0.15, 0.2) is 18.2 Å². The summed E-state index contributed by atoms with van der Waals surface area (Å²) in [6, 6.07) is 3.93. The van der Waals surface area contributed by atoms with Gasteiger partial charge in [-0.25, -0.2) is 0 Å². The Morgan fingerprint density at radius 2 is 2.11 bits per heavy atom. The Morgan fingerprint density at radius 1 is 1.50 bits per heavy atom. The maximum atomic E-state index is 12.0. The minimum atomic E-state index is -0.593. The zero-order chi connectivity index (χ0) is 13.9. The number of nitro groups is 1. The molecular weight excluding hydrogens is 256 g/mol.